The van der Waals surface area contributed by atoms with E-state index in [1.165, 1.54) is 4.90 Å². The largest absolute Gasteiger partial charge is 0.480 e. The molecule has 0 saturated carbocycles. The van der Waals surface area contributed by atoms with Gasteiger partial charge in [0, 0.05) is 12.7 Å². The molecule has 0 aliphatic carbocycles. The van der Waals surface area contributed by atoms with Crippen LogP contribution in [-0.2, 0) is 9.59 Å². The Bertz CT molecular complexity index is 546. The monoisotopic (exact) mass is 320 g/mol. The van der Waals surface area contributed by atoms with Gasteiger partial charge in [0.2, 0.25) is 5.91 Å². The lowest BCUT2D eigenvalue weighted by atomic mass is 10.3. The van der Waals surface area contributed by atoms with Gasteiger partial charge in [0.15, 0.2) is 18.2 Å². The first-order chi connectivity index (χ1) is 11.2. The standard InChI is InChI=1S/C16H24N4O3/c1-3-19(4-2)10-6-9-17-14(21)11-20-15(22)12-23-13-7-5-8-18-16(13)20/h5,7-8H,3-4,6,9-12H2,1-2H3,(H,17,21). The van der Waals surface area contributed by atoms with Crippen LogP contribution in [0.3, 0.4) is 0 Å². The summed E-state index contributed by atoms with van der Waals surface area (Å²) in [5.41, 5.74) is 0. The minimum atomic E-state index is -0.255. The Balaban J connectivity index is 1.82. The van der Waals surface area contributed by atoms with E-state index in [1.807, 2.05) is 0 Å². The third kappa shape index (κ3) is 4.66. The van der Waals surface area contributed by atoms with Crippen LogP contribution in [-0.4, -0.2) is 61.0 Å². The van der Waals surface area contributed by atoms with Crippen molar-refractivity contribution in [2.75, 3.05) is 44.2 Å². The average Bonchev–Trinajstić information content (AvgIpc) is 2.57. The highest BCUT2D eigenvalue weighted by Gasteiger charge is 2.28. The van der Waals surface area contributed by atoms with Gasteiger partial charge in [-0.1, -0.05) is 13.8 Å². The average molecular weight is 320 g/mol. The maximum absolute atomic E-state index is 12.1. The third-order valence-corrected chi connectivity index (χ3v) is 3.83. The number of aromatic nitrogens is 1. The Kier molecular flexibility index (Phi) is 6.34. The molecule has 0 atom stereocenters. The third-order valence-electron chi connectivity index (χ3n) is 3.83. The van der Waals surface area contributed by atoms with Crippen LogP contribution < -0.4 is 15.0 Å². The zero-order valence-corrected chi connectivity index (χ0v) is 13.7. The van der Waals surface area contributed by atoms with Gasteiger partial charge < -0.3 is 15.0 Å². The van der Waals surface area contributed by atoms with Gasteiger partial charge in [-0.3, -0.25) is 14.5 Å². The molecular formula is C16H24N4O3. The highest BCUT2D eigenvalue weighted by Crippen LogP contribution is 2.28. The second kappa shape index (κ2) is 8.47. The molecule has 0 unspecified atom stereocenters. The molecule has 0 spiro atoms. The molecular weight excluding hydrogens is 296 g/mol. The Morgan fingerprint density at radius 3 is 2.96 bits per heavy atom. The quantitative estimate of drug-likeness (QED) is 0.712. The van der Waals surface area contributed by atoms with E-state index in [0.717, 1.165) is 26.1 Å². The van der Waals surface area contributed by atoms with Crippen LogP contribution in [0.2, 0.25) is 0 Å². The van der Waals surface area contributed by atoms with Gasteiger partial charge in [0.25, 0.3) is 5.91 Å². The number of rotatable bonds is 8. The fourth-order valence-electron chi connectivity index (χ4n) is 2.47. The number of anilines is 1. The van der Waals surface area contributed by atoms with Gasteiger partial charge in [0.1, 0.15) is 6.54 Å². The number of nitrogens with one attached hydrogen (secondary N) is 1. The molecule has 1 aliphatic heterocycles. The van der Waals surface area contributed by atoms with E-state index in [4.69, 9.17) is 4.74 Å². The maximum atomic E-state index is 12.1. The van der Waals surface area contributed by atoms with Crippen LogP contribution in [0.15, 0.2) is 18.3 Å². The first kappa shape index (κ1) is 17.2. The number of ether oxygens (including phenoxy) is 1. The minimum absolute atomic E-state index is 0.0303. The Morgan fingerprint density at radius 2 is 2.22 bits per heavy atom. The molecule has 1 aromatic rings. The molecule has 2 rings (SSSR count). The van der Waals surface area contributed by atoms with Crippen molar-refractivity contribution in [2.45, 2.75) is 20.3 Å². The van der Waals surface area contributed by atoms with E-state index in [2.05, 4.69) is 29.0 Å². The van der Waals surface area contributed by atoms with E-state index >= 15 is 0 Å². The van der Waals surface area contributed by atoms with Crippen molar-refractivity contribution in [3.8, 4) is 5.75 Å². The van der Waals surface area contributed by atoms with Gasteiger partial charge >= 0.3 is 0 Å². The summed E-state index contributed by atoms with van der Waals surface area (Å²) in [5, 5.41) is 2.86. The van der Waals surface area contributed by atoms with Crippen molar-refractivity contribution in [3.63, 3.8) is 0 Å². The Labute approximate surface area is 136 Å². The van der Waals surface area contributed by atoms with Crippen molar-refractivity contribution in [1.29, 1.82) is 0 Å². The molecule has 23 heavy (non-hydrogen) atoms. The van der Waals surface area contributed by atoms with Crippen molar-refractivity contribution in [3.05, 3.63) is 18.3 Å². The van der Waals surface area contributed by atoms with Crippen LogP contribution in [0.25, 0.3) is 0 Å². The molecule has 7 heteroatoms. The summed E-state index contributed by atoms with van der Waals surface area (Å²) in [6.45, 7) is 7.72. The van der Waals surface area contributed by atoms with Gasteiger partial charge in [-0.25, -0.2) is 4.98 Å². The van der Waals surface area contributed by atoms with Crippen molar-refractivity contribution in [2.24, 2.45) is 0 Å². The highest BCUT2D eigenvalue weighted by atomic mass is 16.5. The summed E-state index contributed by atoms with van der Waals surface area (Å²) in [6.07, 6.45) is 2.47. The molecule has 2 amide bonds. The molecule has 0 radical (unpaired) electrons. The summed E-state index contributed by atoms with van der Waals surface area (Å²) in [7, 11) is 0. The molecule has 1 N–H and O–H groups in total. The number of fused-ring (bicyclic) bond motifs is 1. The molecule has 0 fully saturated rings. The van der Waals surface area contributed by atoms with Crippen LogP contribution in [0.1, 0.15) is 20.3 Å². The first-order valence-corrected chi connectivity index (χ1v) is 8.03. The lowest BCUT2D eigenvalue weighted by Crippen LogP contribution is -2.45. The molecule has 1 aliphatic rings. The smallest absolute Gasteiger partial charge is 0.266 e. The number of amides is 2. The fraction of sp³-hybridized carbons (Fsp3) is 0.562. The topological polar surface area (TPSA) is 74.8 Å². The van der Waals surface area contributed by atoms with Crippen LogP contribution in [0.5, 0.6) is 5.75 Å². The lowest BCUT2D eigenvalue weighted by Gasteiger charge is -2.27. The lowest BCUT2D eigenvalue weighted by molar-refractivity contribution is -0.125. The normalized spacial score (nSPS) is 13.7. The molecule has 0 aromatic carbocycles. The maximum Gasteiger partial charge on any atom is 0.266 e. The fourth-order valence-corrected chi connectivity index (χ4v) is 2.47. The number of carbonyl (C=O) groups excluding carboxylic acids is 2. The number of hydrogen-bond donors (Lipinski definition) is 1. The van der Waals surface area contributed by atoms with E-state index < -0.39 is 0 Å². The number of pyridine rings is 1. The Hall–Kier alpha value is -2.15. The van der Waals surface area contributed by atoms with Crippen LogP contribution in [0, 0.1) is 0 Å². The number of nitrogens with zero attached hydrogens (tertiary/aromatic N) is 3. The van der Waals surface area contributed by atoms with Crippen molar-refractivity contribution >= 4 is 17.6 Å². The van der Waals surface area contributed by atoms with Crippen LogP contribution >= 0.6 is 0 Å². The van der Waals surface area contributed by atoms with Crippen LogP contribution in [0.4, 0.5) is 5.82 Å². The predicted octanol–water partition coefficient (Wildman–Crippen LogP) is 0.655. The van der Waals surface area contributed by atoms with Gasteiger partial charge in [0.05, 0.1) is 0 Å². The second-order valence-corrected chi connectivity index (χ2v) is 5.32. The number of hydrogen-bond acceptors (Lipinski definition) is 5. The van der Waals surface area contributed by atoms with Gasteiger partial charge in [-0.05, 0) is 38.2 Å². The summed E-state index contributed by atoms with van der Waals surface area (Å²) < 4.78 is 5.31. The van der Waals surface area contributed by atoms with E-state index in [9.17, 15) is 9.59 Å². The molecule has 1 aromatic heterocycles. The summed E-state index contributed by atoms with van der Waals surface area (Å²) in [6, 6.07) is 3.48. The van der Waals surface area contributed by atoms with E-state index in [1.54, 1.807) is 18.3 Å². The highest BCUT2D eigenvalue weighted by molar-refractivity contribution is 6.01. The van der Waals surface area contributed by atoms with Crippen molar-refractivity contribution < 1.29 is 14.3 Å². The minimum Gasteiger partial charge on any atom is -0.480 e. The second-order valence-electron chi connectivity index (χ2n) is 5.32. The Morgan fingerprint density at radius 1 is 1.43 bits per heavy atom. The first-order valence-electron chi connectivity index (χ1n) is 8.03. The molecule has 0 saturated heterocycles. The summed E-state index contributed by atoms with van der Waals surface area (Å²) >= 11 is 0. The summed E-state index contributed by atoms with van der Waals surface area (Å²) in [5.74, 6) is 0.495. The van der Waals surface area contributed by atoms with Gasteiger partial charge in [-0.2, -0.15) is 0 Å². The molecule has 126 valence electrons. The predicted molar refractivity (Wildman–Crippen MR) is 87.5 cm³/mol. The number of carbonyl (C=O) groups is 2. The zero-order chi connectivity index (χ0) is 16.7. The molecule has 0 bridgehead atoms. The SMILES string of the molecule is CCN(CC)CCCNC(=O)CN1C(=O)COc2cccnc21. The van der Waals surface area contributed by atoms with E-state index in [0.29, 0.717) is 18.1 Å². The summed E-state index contributed by atoms with van der Waals surface area (Å²) in [4.78, 5) is 31.8. The molecule has 2 heterocycles. The van der Waals surface area contributed by atoms with Crippen molar-refractivity contribution in [1.82, 2.24) is 15.2 Å². The van der Waals surface area contributed by atoms with E-state index in [-0.39, 0.29) is 25.0 Å². The van der Waals surface area contributed by atoms with Gasteiger partial charge in [-0.15, -0.1) is 0 Å². The zero-order valence-electron chi connectivity index (χ0n) is 13.7. The molecule has 7 nitrogen and oxygen atoms in total.